The third-order valence-corrected chi connectivity index (χ3v) is 6.59. The van der Waals surface area contributed by atoms with E-state index < -0.39 is 17.6 Å². The van der Waals surface area contributed by atoms with Gasteiger partial charge >= 0.3 is 11.9 Å². The molecular weight excluding hydrogens is 382 g/mol. The highest BCUT2D eigenvalue weighted by Gasteiger charge is 2.49. The molecule has 1 aromatic rings. The predicted molar refractivity (Wildman–Crippen MR) is 117 cm³/mol. The minimum atomic E-state index is -1.28. The lowest BCUT2D eigenvalue weighted by Gasteiger charge is -2.48. The van der Waals surface area contributed by atoms with E-state index in [9.17, 15) is 19.8 Å². The molecule has 2 aliphatic heterocycles. The maximum absolute atomic E-state index is 12.3. The minimum Gasteiger partial charge on any atom is -0.478 e. The van der Waals surface area contributed by atoms with Gasteiger partial charge in [0.2, 0.25) is 0 Å². The molecule has 0 aliphatic carbocycles. The predicted octanol–water partition coefficient (Wildman–Crippen LogP) is 3.11. The molecule has 0 amide bonds. The minimum absolute atomic E-state index is 0.102. The van der Waals surface area contributed by atoms with Crippen molar-refractivity contribution >= 4 is 23.7 Å². The van der Waals surface area contributed by atoms with Gasteiger partial charge < -0.3 is 15.5 Å². The Morgan fingerprint density at radius 2 is 1.77 bits per heavy atom. The van der Waals surface area contributed by atoms with Gasteiger partial charge in [-0.15, -0.1) is 0 Å². The molecular formula is C23H31N3O4. The summed E-state index contributed by atoms with van der Waals surface area (Å²) >= 11 is 0. The largest absolute Gasteiger partial charge is 0.478 e. The topological polar surface area (TPSA) is 93.1 Å². The number of likely N-dealkylation sites (N-methyl/N-ethyl adjacent to an activating group) is 1. The molecule has 2 aliphatic rings. The molecule has 1 saturated heterocycles. The van der Waals surface area contributed by atoms with Crippen molar-refractivity contribution in [2.75, 3.05) is 25.5 Å². The van der Waals surface area contributed by atoms with Gasteiger partial charge in [0.1, 0.15) is 5.66 Å². The summed E-state index contributed by atoms with van der Waals surface area (Å²) in [6.07, 6.45) is 5.26. The molecule has 1 aromatic carbocycles. The monoisotopic (exact) mass is 413 g/mol. The van der Waals surface area contributed by atoms with Gasteiger partial charge in [-0.3, -0.25) is 9.80 Å². The molecule has 0 bridgehead atoms. The van der Waals surface area contributed by atoms with Crippen LogP contribution in [0.3, 0.4) is 0 Å². The van der Waals surface area contributed by atoms with Crippen molar-refractivity contribution in [1.82, 2.24) is 9.80 Å². The third kappa shape index (κ3) is 3.87. The lowest BCUT2D eigenvalue weighted by atomic mass is 9.89. The smallest absolute Gasteiger partial charge is 0.335 e. The average Bonchev–Trinajstić information content (AvgIpc) is 2.75. The van der Waals surface area contributed by atoms with Crippen LogP contribution in [0.1, 0.15) is 39.7 Å². The second-order valence-corrected chi connectivity index (χ2v) is 9.37. The molecule has 1 fully saturated rings. The van der Waals surface area contributed by atoms with Crippen LogP contribution in [0.25, 0.3) is 6.08 Å². The molecule has 3 N–H and O–H groups in total. The highest BCUT2D eigenvalue weighted by molar-refractivity contribution is 5.98. The first-order chi connectivity index (χ1) is 13.9. The summed E-state index contributed by atoms with van der Waals surface area (Å²) in [5, 5.41) is 22.9. The number of para-hydroxylation sites is 1. The number of carbonyl (C=O) groups is 2. The second-order valence-electron chi connectivity index (χ2n) is 9.37. The van der Waals surface area contributed by atoms with Crippen molar-refractivity contribution in [3.05, 3.63) is 47.6 Å². The fourth-order valence-corrected chi connectivity index (χ4v) is 4.53. The first-order valence-electron chi connectivity index (χ1n) is 10.1. The summed E-state index contributed by atoms with van der Waals surface area (Å²) < 4.78 is 0. The van der Waals surface area contributed by atoms with Crippen LogP contribution in [0, 0.1) is 0 Å². The number of hydrogen-bond acceptors (Lipinski definition) is 5. The lowest BCUT2D eigenvalue weighted by Crippen LogP contribution is -2.61. The zero-order chi connectivity index (χ0) is 22.3. The van der Waals surface area contributed by atoms with Crippen molar-refractivity contribution in [1.29, 1.82) is 0 Å². The number of carboxylic acid groups (broad SMARTS) is 2. The first-order valence-corrected chi connectivity index (χ1v) is 10.1. The van der Waals surface area contributed by atoms with Gasteiger partial charge in [0.15, 0.2) is 0 Å². The molecule has 1 atom stereocenters. The number of nitrogens with one attached hydrogen (secondary N) is 1. The van der Waals surface area contributed by atoms with E-state index in [2.05, 4.69) is 49.9 Å². The fraction of sp³-hybridized carbons (Fsp3) is 0.478. The molecule has 7 nitrogen and oxygen atoms in total. The van der Waals surface area contributed by atoms with Gasteiger partial charge in [-0.2, -0.15) is 0 Å². The van der Waals surface area contributed by atoms with Crippen molar-refractivity contribution in [2.45, 2.75) is 50.9 Å². The number of rotatable bonds is 4. The van der Waals surface area contributed by atoms with E-state index in [4.69, 9.17) is 0 Å². The summed E-state index contributed by atoms with van der Waals surface area (Å²) in [5.74, 6) is -2.55. The number of nitrogens with zero attached hydrogens (tertiary/aromatic N) is 2. The van der Waals surface area contributed by atoms with E-state index >= 15 is 0 Å². The van der Waals surface area contributed by atoms with Crippen LogP contribution in [-0.2, 0) is 9.59 Å². The van der Waals surface area contributed by atoms with Crippen LogP contribution in [0.4, 0.5) is 5.69 Å². The molecule has 0 aromatic heterocycles. The first kappa shape index (κ1) is 22.1. The Balaban J connectivity index is 2.19. The molecule has 2 heterocycles. The van der Waals surface area contributed by atoms with Gasteiger partial charge in [-0.1, -0.05) is 24.3 Å². The molecule has 30 heavy (non-hydrogen) atoms. The van der Waals surface area contributed by atoms with Crippen molar-refractivity contribution in [2.24, 2.45) is 0 Å². The number of carboxylic acids is 2. The van der Waals surface area contributed by atoms with E-state index in [1.54, 1.807) is 6.08 Å². The molecule has 0 radical (unpaired) electrons. The highest BCUT2D eigenvalue weighted by atomic mass is 16.4. The Kier molecular flexibility index (Phi) is 5.56. The maximum Gasteiger partial charge on any atom is 0.335 e. The van der Waals surface area contributed by atoms with E-state index in [1.807, 2.05) is 30.3 Å². The Labute approximate surface area is 177 Å². The number of benzene rings is 1. The number of fused-ring (bicyclic) bond motifs is 1. The molecule has 7 heteroatoms. The zero-order valence-corrected chi connectivity index (χ0v) is 18.3. The maximum atomic E-state index is 12.3. The number of aliphatic carboxylic acids is 2. The third-order valence-electron chi connectivity index (χ3n) is 6.59. The van der Waals surface area contributed by atoms with E-state index in [1.165, 1.54) is 0 Å². The fourth-order valence-electron chi connectivity index (χ4n) is 4.53. The summed E-state index contributed by atoms with van der Waals surface area (Å²) in [6, 6.07) is 7.61. The number of anilines is 1. The van der Waals surface area contributed by atoms with Crippen LogP contribution >= 0.6 is 0 Å². The van der Waals surface area contributed by atoms with Crippen molar-refractivity contribution in [3.8, 4) is 0 Å². The van der Waals surface area contributed by atoms with Gasteiger partial charge in [0, 0.05) is 35.9 Å². The summed E-state index contributed by atoms with van der Waals surface area (Å²) in [6.45, 7) is 9.76. The quantitative estimate of drug-likeness (QED) is 0.653. The van der Waals surface area contributed by atoms with Gasteiger partial charge in [0.25, 0.3) is 0 Å². The standard InChI is InChI=1S/C23H31N3O4/c1-21(2)12-13-26(15-22(3,4)25(21)5)23(17(20(29)30)14-19(27)28)11-10-16-8-6-7-9-18(16)24-23/h6-11,14,24H,12-13,15H2,1-5H3,(H,27,28)(H,29,30). The van der Waals surface area contributed by atoms with Gasteiger partial charge in [0.05, 0.1) is 5.57 Å². The van der Waals surface area contributed by atoms with Crippen LogP contribution in [0.2, 0.25) is 0 Å². The van der Waals surface area contributed by atoms with Crippen LogP contribution < -0.4 is 5.32 Å². The van der Waals surface area contributed by atoms with Crippen molar-refractivity contribution in [3.63, 3.8) is 0 Å². The van der Waals surface area contributed by atoms with Crippen LogP contribution in [0.5, 0.6) is 0 Å². The van der Waals surface area contributed by atoms with Crippen LogP contribution in [-0.4, -0.2) is 68.8 Å². The Bertz CT molecular complexity index is 919. The average molecular weight is 414 g/mol. The van der Waals surface area contributed by atoms with Crippen LogP contribution in [0.15, 0.2) is 42.0 Å². The Morgan fingerprint density at radius 1 is 1.10 bits per heavy atom. The molecule has 3 rings (SSSR count). The Hall–Kier alpha value is -2.64. The lowest BCUT2D eigenvalue weighted by molar-refractivity contribution is -0.136. The highest BCUT2D eigenvalue weighted by Crippen LogP contribution is 2.40. The number of hydrogen-bond donors (Lipinski definition) is 3. The molecule has 0 spiro atoms. The summed E-state index contributed by atoms with van der Waals surface area (Å²) in [4.78, 5) is 28.2. The SMILES string of the molecule is CN1C(C)(C)CCN(C2(C(=CC(=O)O)C(=O)O)C=Cc3ccccc3N2)CC1(C)C. The van der Waals surface area contributed by atoms with Gasteiger partial charge in [-0.25, -0.2) is 9.59 Å². The van der Waals surface area contributed by atoms with E-state index in [0.717, 1.165) is 23.7 Å². The molecule has 1 unspecified atom stereocenters. The second kappa shape index (κ2) is 7.56. The zero-order valence-electron chi connectivity index (χ0n) is 18.3. The summed E-state index contributed by atoms with van der Waals surface area (Å²) in [7, 11) is 2.08. The van der Waals surface area contributed by atoms with Crippen molar-refractivity contribution < 1.29 is 19.8 Å². The van der Waals surface area contributed by atoms with E-state index in [0.29, 0.717) is 13.1 Å². The van der Waals surface area contributed by atoms with E-state index in [-0.39, 0.29) is 16.7 Å². The van der Waals surface area contributed by atoms with Gasteiger partial charge in [-0.05, 0) is 58.9 Å². The Morgan fingerprint density at radius 3 is 2.40 bits per heavy atom. The molecule has 162 valence electrons. The summed E-state index contributed by atoms with van der Waals surface area (Å²) in [5.41, 5.74) is -0.162. The molecule has 0 saturated carbocycles. The normalized spacial score (nSPS) is 26.4.